The summed E-state index contributed by atoms with van der Waals surface area (Å²) >= 11 is 0. The number of hydrogen-bond donors (Lipinski definition) is 1. The van der Waals surface area contributed by atoms with Gasteiger partial charge in [0.2, 0.25) is 0 Å². The largest absolute Gasteiger partial charge is 0.468 e. The van der Waals surface area contributed by atoms with E-state index in [4.69, 9.17) is 24.7 Å². The van der Waals surface area contributed by atoms with Gasteiger partial charge in [-0.2, -0.15) is 15.0 Å². The number of nitrogens with two attached hydrogens (primary N) is 1. The molecule has 2 aromatic rings. The Bertz CT molecular complexity index is 730. The highest BCUT2D eigenvalue weighted by molar-refractivity contribution is 5.83. The first-order valence-corrected chi connectivity index (χ1v) is 9.59. The lowest BCUT2D eigenvalue weighted by molar-refractivity contribution is 0.0862. The van der Waals surface area contributed by atoms with Gasteiger partial charge in [0.25, 0.3) is 6.01 Å². The van der Waals surface area contributed by atoms with Crippen LogP contribution in [0.3, 0.4) is 0 Å². The van der Waals surface area contributed by atoms with Crippen LogP contribution in [-0.4, -0.2) is 59.7 Å². The summed E-state index contributed by atoms with van der Waals surface area (Å²) in [4.78, 5) is 13.1. The number of anilines is 1. The SMILES string of the molecule is CCCCOc1nc(N)c2nc(OC)n(CCCOCC3CCOC3)c2n1. The Balaban J connectivity index is 1.64. The fourth-order valence-electron chi connectivity index (χ4n) is 3.00. The summed E-state index contributed by atoms with van der Waals surface area (Å²) in [5.74, 6) is 0.810. The summed E-state index contributed by atoms with van der Waals surface area (Å²) in [6.45, 7) is 6.36. The van der Waals surface area contributed by atoms with Crippen molar-refractivity contribution in [1.82, 2.24) is 19.5 Å². The predicted molar refractivity (Wildman–Crippen MR) is 101 cm³/mol. The fraction of sp³-hybridized carbons (Fsp3) is 0.722. The standard InChI is InChI=1S/C18H29N5O4/c1-3-4-9-27-17-21-15(19)14-16(22-17)23(18(20-14)24-2)7-5-8-25-11-13-6-10-26-12-13/h13H,3-12H2,1-2H3,(H2,19,21,22). The van der Waals surface area contributed by atoms with E-state index >= 15 is 0 Å². The monoisotopic (exact) mass is 379 g/mol. The molecule has 0 radical (unpaired) electrons. The molecule has 1 fully saturated rings. The summed E-state index contributed by atoms with van der Waals surface area (Å²) in [6.07, 6.45) is 3.87. The summed E-state index contributed by atoms with van der Waals surface area (Å²) in [5, 5.41) is 0. The predicted octanol–water partition coefficient (Wildman–Crippen LogP) is 2.04. The quantitative estimate of drug-likeness (QED) is 0.591. The van der Waals surface area contributed by atoms with Gasteiger partial charge in [0, 0.05) is 25.7 Å². The third kappa shape index (κ3) is 4.98. The Hall–Kier alpha value is -2.13. The molecule has 3 heterocycles. The van der Waals surface area contributed by atoms with E-state index in [0.29, 0.717) is 48.7 Å². The average Bonchev–Trinajstić information content (AvgIpc) is 3.30. The van der Waals surface area contributed by atoms with E-state index in [0.717, 1.165) is 45.5 Å². The molecule has 1 aliphatic rings. The molecule has 150 valence electrons. The molecular formula is C18H29N5O4. The number of unbranched alkanes of at least 4 members (excludes halogenated alkanes) is 1. The lowest BCUT2D eigenvalue weighted by Gasteiger charge is -2.10. The van der Waals surface area contributed by atoms with Crippen LogP contribution in [0.1, 0.15) is 32.6 Å². The first-order chi connectivity index (χ1) is 13.2. The normalized spacial score (nSPS) is 16.9. The second-order valence-corrected chi connectivity index (χ2v) is 6.67. The van der Waals surface area contributed by atoms with Crippen molar-refractivity contribution in [2.75, 3.05) is 45.9 Å². The van der Waals surface area contributed by atoms with E-state index in [1.54, 1.807) is 7.11 Å². The summed E-state index contributed by atoms with van der Waals surface area (Å²) in [7, 11) is 1.58. The van der Waals surface area contributed by atoms with Gasteiger partial charge >= 0.3 is 6.01 Å². The molecule has 9 nitrogen and oxygen atoms in total. The molecule has 0 saturated carbocycles. The van der Waals surface area contributed by atoms with Crippen LogP contribution < -0.4 is 15.2 Å². The highest BCUT2D eigenvalue weighted by atomic mass is 16.5. The van der Waals surface area contributed by atoms with E-state index in [2.05, 4.69) is 21.9 Å². The minimum Gasteiger partial charge on any atom is -0.468 e. The Morgan fingerprint density at radius 3 is 2.85 bits per heavy atom. The molecule has 2 N–H and O–H groups in total. The van der Waals surface area contributed by atoms with E-state index in [-0.39, 0.29) is 6.01 Å². The highest BCUT2D eigenvalue weighted by Crippen LogP contribution is 2.25. The van der Waals surface area contributed by atoms with Crippen molar-refractivity contribution < 1.29 is 18.9 Å². The number of nitrogen functional groups attached to an aromatic ring is 1. The number of hydrogen-bond acceptors (Lipinski definition) is 8. The highest BCUT2D eigenvalue weighted by Gasteiger charge is 2.18. The fourth-order valence-corrected chi connectivity index (χ4v) is 3.00. The van der Waals surface area contributed by atoms with Crippen molar-refractivity contribution in [2.45, 2.75) is 39.2 Å². The van der Waals surface area contributed by atoms with Gasteiger partial charge in [0.15, 0.2) is 17.0 Å². The zero-order chi connectivity index (χ0) is 19.1. The van der Waals surface area contributed by atoms with E-state index in [1.165, 1.54) is 0 Å². The van der Waals surface area contributed by atoms with Crippen molar-refractivity contribution >= 4 is 17.0 Å². The maximum atomic E-state index is 6.05. The second-order valence-electron chi connectivity index (χ2n) is 6.67. The van der Waals surface area contributed by atoms with Gasteiger partial charge in [-0.1, -0.05) is 13.3 Å². The molecule has 0 aromatic carbocycles. The maximum Gasteiger partial charge on any atom is 0.320 e. The van der Waals surface area contributed by atoms with Gasteiger partial charge < -0.3 is 24.7 Å². The first kappa shape index (κ1) is 19.6. The molecule has 3 rings (SSSR count). The zero-order valence-electron chi connectivity index (χ0n) is 16.1. The molecule has 0 amide bonds. The summed E-state index contributed by atoms with van der Waals surface area (Å²) in [6, 6.07) is 0.732. The van der Waals surface area contributed by atoms with E-state index in [1.807, 2.05) is 4.57 Å². The van der Waals surface area contributed by atoms with Crippen LogP contribution in [0.4, 0.5) is 5.82 Å². The lowest BCUT2D eigenvalue weighted by atomic mass is 10.1. The Kier molecular flexibility index (Phi) is 7.05. The molecule has 1 saturated heterocycles. The van der Waals surface area contributed by atoms with Crippen LogP contribution in [-0.2, 0) is 16.0 Å². The molecular weight excluding hydrogens is 350 g/mol. The number of aromatic nitrogens is 4. The number of fused-ring (bicyclic) bond motifs is 1. The molecule has 9 heteroatoms. The van der Waals surface area contributed by atoms with Gasteiger partial charge in [0.05, 0.1) is 26.9 Å². The van der Waals surface area contributed by atoms with Crippen LogP contribution >= 0.6 is 0 Å². The third-order valence-electron chi connectivity index (χ3n) is 4.53. The van der Waals surface area contributed by atoms with Gasteiger partial charge in [-0.25, -0.2) is 0 Å². The van der Waals surface area contributed by atoms with Crippen molar-refractivity contribution in [1.29, 1.82) is 0 Å². The van der Waals surface area contributed by atoms with Crippen molar-refractivity contribution in [3.05, 3.63) is 0 Å². The van der Waals surface area contributed by atoms with E-state index < -0.39 is 0 Å². The minimum absolute atomic E-state index is 0.273. The summed E-state index contributed by atoms with van der Waals surface area (Å²) < 4.78 is 24.0. The molecule has 2 aromatic heterocycles. The number of aryl methyl sites for hydroxylation is 1. The number of rotatable bonds is 11. The van der Waals surface area contributed by atoms with Crippen LogP contribution in [0.25, 0.3) is 11.2 Å². The van der Waals surface area contributed by atoms with Crippen LogP contribution in [0.15, 0.2) is 0 Å². The molecule has 0 bridgehead atoms. The average molecular weight is 379 g/mol. The van der Waals surface area contributed by atoms with Crippen molar-refractivity contribution in [2.24, 2.45) is 5.92 Å². The number of ether oxygens (including phenoxy) is 4. The van der Waals surface area contributed by atoms with Crippen molar-refractivity contribution in [3.63, 3.8) is 0 Å². The Morgan fingerprint density at radius 2 is 2.11 bits per heavy atom. The zero-order valence-corrected chi connectivity index (χ0v) is 16.1. The van der Waals surface area contributed by atoms with Crippen LogP contribution in [0.2, 0.25) is 0 Å². The van der Waals surface area contributed by atoms with Crippen molar-refractivity contribution in [3.8, 4) is 12.0 Å². The molecule has 1 unspecified atom stereocenters. The maximum absolute atomic E-state index is 6.05. The van der Waals surface area contributed by atoms with Gasteiger partial charge in [-0.05, 0) is 19.3 Å². The number of imidazole rings is 1. The third-order valence-corrected chi connectivity index (χ3v) is 4.53. The van der Waals surface area contributed by atoms with Gasteiger partial charge in [-0.15, -0.1) is 0 Å². The lowest BCUT2D eigenvalue weighted by Crippen LogP contribution is -2.12. The molecule has 27 heavy (non-hydrogen) atoms. The van der Waals surface area contributed by atoms with Gasteiger partial charge in [-0.3, -0.25) is 4.57 Å². The number of methoxy groups -OCH3 is 1. The Morgan fingerprint density at radius 1 is 1.22 bits per heavy atom. The molecule has 0 aliphatic carbocycles. The number of nitrogens with zero attached hydrogens (tertiary/aromatic N) is 4. The second kappa shape index (κ2) is 9.70. The molecule has 1 atom stereocenters. The smallest absolute Gasteiger partial charge is 0.320 e. The summed E-state index contributed by atoms with van der Waals surface area (Å²) in [5.41, 5.74) is 7.19. The van der Waals surface area contributed by atoms with Gasteiger partial charge in [0.1, 0.15) is 0 Å². The van der Waals surface area contributed by atoms with Crippen LogP contribution in [0.5, 0.6) is 12.0 Å². The minimum atomic E-state index is 0.273. The first-order valence-electron chi connectivity index (χ1n) is 9.59. The van der Waals surface area contributed by atoms with Crippen LogP contribution in [0, 0.1) is 5.92 Å². The Labute approximate surface area is 159 Å². The molecule has 0 spiro atoms. The molecule has 1 aliphatic heterocycles. The van der Waals surface area contributed by atoms with E-state index in [9.17, 15) is 0 Å². The topological polar surface area (TPSA) is 107 Å².